The van der Waals surface area contributed by atoms with Crippen molar-refractivity contribution in [1.82, 2.24) is 19.6 Å². The summed E-state index contributed by atoms with van der Waals surface area (Å²) in [6, 6.07) is 0. The molecule has 2 rings (SSSR count). The third kappa shape index (κ3) is 2.65. The van der Waals surface area contributed by atoms with Gasteiger partial charge in [-0.05, 0) is 24.7 Å². The van der Waals surface area contributed by atoms with E-state index in [4.69, 9.17) is 4.74 Å². The highest BCUT2D eigenvalue weighted by Crippen LogP contribution is 2.24. The van der Waals surface area contributed by atoms with E-state index in [0.29, 0.717) is 27.9 Å². The van der Waals surface area contributed by atoms with Crippen LogP contribution in [-0.4, -0.2) is 38.4 Å². The van der Waals surface area contributed by atoms with E-state index in [9.17, 15) is 4.79 Å². The summed E-state index contributed by atoms with van der Waals surface area (Å²) in [5.41, 5.74) is 1.12. The Morgan fingerprint density at radius 3 is 2.78 bits per heavy atom. The van der Waals surface area contributed by atoms with Crippen LogP contribution in [-0.2, 0) is 4.74 Å². The number of aromatic nitrogens is 4. The quantitative estimate of drug-likeness (QED) is 0.481. The topological polar surface area (TPSA) is 77.9 Å². The predicted octanol–water partition coefficient (Wildman–Crippen LogP) is 1.89. The highest BCUT2D eigenvalue weighted by molar-refractivity contribution is 7.98. The van der Waals surface area contributed by atoms with E-state index < -0.39 is 5.97 Å². The average molecular weight is 282 g/mol. The molecule has 0 saturated heterocycles. The van der Waals surface area contributed by atoms with Crippen LogP contribution in [0.15, 0.2) is 17.6 Å². The maximum atomic E-state index is 11.7. The van der Waals surface area contributed by atoms with Crippen molar-refractivity contribution in [3.8, 4) is 11.3 Å². The Kier molecular flexibility index (Phi) is 4.21. The Morgan fingerprint density at radius 2 is 2.17 bits per heavy atom. The second kappa shape index (κ2) is 5.87. The first-order chi connectivity index (χ1) is 8.76. The van der Waals surface area contributed by atoms with Gasteiger partial charge in [-0.2, -0.15) is 0 Å². The molecule has 0 aliphatic carbocycles. The molecule has 0 amide bonds. The van der Waals surface area contributed by atoms with Crippen molar-refractivity contribution >= 4 is 29.3 Å². The zero-order valence-corrected chi connectivity index (χ0v) is 11.4. The maximum Gasteiger partial charge on any atom is 0.352 e. The normalized spacial score (nSPS) is 10.3. The number of esters is 1. The molecule has 0 saturated carbocycles. The second-order valence-corrected chi connectivity index (χ2v) is 4.66. The summed E-state index contributed by atoms with van der Waals surface area (Å²) in [5, 5.41) is 4.59. The monoisotopic (exact) mass is 282 g/mol. The number of hydrogen-bond donors (Lipinski definition) is 0. The van der Waals surface area contributed by atoms with Gasteiger partial charge in [0.1, 0.15) is 5.69 Å². The summed E-state index contributed by atoms with van der Waals surface area (Å²) < 4.78 is 8.71. The highest BCUT2D eigenvalue weighted by Gasteiger charge is 2.19. The van der Waals surface area contributed by atoms with Gasteiger partial charge in [-0.3, -0.25) is 0 Å². The van der Waals surface area contributed by atoms with Crippen LogP contribution in [0.3, 0.4) is 0 Å². The van der Waals surface area contributed by atoms with Gasteiger partial charge in [-0.15, -0.1) is 5.10 Å². The minimum atomic E-state index is -0.420. The zero-order valence-electron chi connectivity index (χ0n) is 9.78. The van der Waals surface area contributed by atoms with Gasteiger partial charge in [-0.25, -0.2) is 14.8 Å². The zero-order chi connectivity index (χ0) is 13.0. The van der Waals surface area contributed by atoms with Gasteiger partial charge in [0, 0.05) is 18.0 Å². The van der Waals surface area contributed by atoms with Crippen molar-refractivity contribution in [1.29, 1.82) is 0 Å². The van der Waals surface area contributed by atoms with Crippen molar-refractivity contribution in [2.75, 3.05) is 12.9 Å². The van der Waals surface area contributed by atoms with E-state index in [-0.39, 0.29) is 0 Å². The summed E-state index contributed by atoms with van der Waals surface area (Å²) in [4.78, 5) is 20.3. The van der Waals surface area contributed by atoms with Crippen LogP contribution < -0.4 is 0 Å². The van der Waals surface area contributed by atoms with Gasteiger partial charge in [-0.1, -0.05) is 16.3 Å². The van der Waals surface area contributed by atoms with Crippen LogP contribution in [0.5, 0.6) is 0 Å². The molecule has 2 aromatic rings. The van der Waals surface area contributed by atoms with Gasteiger partial charge < -0.3 is 4.74 Å². The molecule has 0 fully saturated rings. The lowest BCUT2D eigenvalue weighted by atomic mass is 10.2. The van der Waals surface area contributed by atoms with Gasteiger partial charge in [0.25, 0.3) is 0 Å². The number of hydrogen-bond acceptors (Lipinski definition) is 8. The third-order valence-electron chi connectivity index (χ3n) is 2.03. The van der Waals surface area contributed by atoms with E-state index >= 15 is 0 Å². The standard InChI is InChI=1S/C10H10N4O2S2/c1-3-16-9(15)8-7(13-14-18-8)6-4-11-10(17-2)12-5-6/h4-5H,3H2,1-2H3. The van der Waals surface area contributed by atoms with E-state index in [0.717, 1.165) is 11.5 Å². The number of nitrogens with zero attached hydrogens (tertiary/aromatic N) is 4. The molecule has 6 nitrogen and oxygen atoms in total. The first kappa shape index (κ1) is 12.9. The molecule has 8 heteroatoms. The minimum Gasteiger partial charge on any atom is -0.462 e. The number of rotatable bonds is 4. The maximum absolute atomic E-state index is 11.7. The summed E-state index contributed by atoms with van der Waals surface area (Å²) in [5.74, 6) is -0.420. The molecule has 0 spiro atoms. The number of thioether (sulfide) groups is 1. The molecule has 0 atom stereocenters. The summed E-state index contributed by atoms with van der Waals surface area (Å²) in [7, 11) is 0. The Hall–Kier alpha value is -1.54. The predicted molar refractivity (Wildman–Crippen MR) is 68.7 cm³/mol. The fraction of sp³-hybridized carbons (Fsp3) is 0.300. The molecule has 0 aliphatic rings. The third-order valence-corrected chi connectivity index (χ3v) is 3.31. The average Bonchev–Trinajstić information content (AvgIpc) is 2.88. The number of ether oxygens (including phenoxy) is 1. The van der Waals surface area contributed by atoms with Gasteiger partial charge >= 0.3 is 5.97 Å². The van der Waals surface area contributed by atoms with E-state index in [1.807, 2.05) is 6.26 Å². The Labute approximate surface area is 112 Å². The van der Waals surface area contributed by atoms with E-state index in [1.165, 1.54) is 11.8 Å². The fourth-order valence-electron chi connectivity index (χ4n) is 1.25. The molecule has 0 aromatic carbocycles. The number of carbonyl (C=O) groups is 1. The molecular formula is C10H10N4O2S2. The lowest BCUT2D eigenvalue weighted by molar-refractivity contribution is 0.0532. The van der Waals surface area contributed by atoms with Crippen molar-refractivity contribution in [2.45, 2.75) is 12.1 Å². The van der Waals surface area contributed by atoms with Crippen LogP contribution in [0, 0.1) is 0 Å². The molecule has 0 N–H and O–H groups in total. The molecule has 18 heavy (non-hydrogen) atoms. The first-order valence-electron chi connectivity index (χ1n) is 5.12. The lowest BCUT2D eigenvalue weighted by Gasteiger charge is -2.01. The van der Waals surface area contributed by atoms with Crippen LogP contribution in [0.4, 0.5) is 0 Å². The SMILES string of the molecule is CCOC(=O)c1snnc1-c1cnc(SC)nc1. The van der Waals surface area contributed by atoms with Gasteiger partial charge in [0.05, 0.1) is 6.61 Å². The second-order valence-electron chi connectivity index (χ2n) is 3.13. The minimum absolute atomic E-state index is 0.318. The van der Waals surface area contributed by atoms with E-state index in [2.05, 4.69) is 19.6 Å². The molecule has 2 heterocycles. The fourth-order valence-corrected chi connectivity index (χ4v) is 2.15. The first-order valence-corrected chi connectivity index (χ1v) is 7.12. The van der Waals surface area contributed by atoms with Crippen molar-refractivity contribution in [3.05, 3.63) is 17.3 Å². The van der Waals surface area contributed by atoms with Crippen LogP contribution in [0.1, 0.15) is 16.6 Å². The van der Waals surface area contributed by atoms with Crippen molar-refractivity contribution < 1.29 is 9.53 Å². The molecule has 0 aliphatic heterocycles. The number of carbonyl (C=O) groups excluding carboxylic acids is 1. The Balaban J connectivity index is 2.32. The molecular weight excluding hydrogens is 272 g/mol. The van der Waals surface area contributed by atoms with Crippen molar-refractivity contribution in [3.63, 3.8) is 0 Å². The Morgan fingerprint density at radius 1 is 1.44 bits per heavy atom. The molecule has 0 unspecified atom stereocenters. The van der Waals surface area contributed by atoms with Crippen molar-refractivity contribution in [2.24, 2.45) is 0 Å². The Bertz CT molecular complexity index is 541. The van der Waals surface area contributed by atoms with E-state index in [1.54, 1.807) is 19.3 Å². The summed E-state index contributed by atoms with van der Waals surface area (Å²) in [6.07, 6.45) is 5.14. The van der Waals surface area contributed by atoms with Crippen LogP contribution >= 0.6 is 23.3 Å². The highest BCUT2D eigenvalue weighted by atomic mass is 32.2. The van der Waals surface area contributed by atoms with Crippen LogP contribution in [0.2, 0.25) is 0 Å². The smallest absolute Gasteiger partial charge is 0.352 e. The van der Waals surface area contributed by atoms with Crippen LogP contribution in [0.25, 0.3) is 11.3 Å². The van der Waals surface area contributed by atoms with Gasteiger partial charge in [0.15, 0.2) is 10.0 Å². The molecule has 2 aromatic heterocycles. The molecule has 0 radical (unpaired) electrons. The van der Waals surface area contributed by atoms with Gasteiger partial charge in [0.2, 0.25) is 0 Å². The summed E-state index contributed by atoms with van der Waals surface area (Å²) in [6.45, 7) is 2.07. The lowest BCUT2D eigenvalue weighted by Crippen LogP contribution is -2.04. The largest absolute Gasteiger partial charge is 0.462 e. The molecule has 94 valence electrons. The summed E-state index contributed by atoms with van der Waals surface area (Å²) >= 11 is 2.45. The molecule has 0 bridgehead atoms.